The summed E-state index contributed by atoms with van der Waals surface area (Å²) in [7, 11) is 1.67. The van der Waals surface area contributed by atoms with E-state index in [9.17, 15) is 4.79 Å². The number of Topliss-reactive ketones (excluding diaryl/α,β-unsaturated/α-hetero) is 1. The second-order valence-electron chi connectivity index (χ2n) is 5.41. The van der Waals surface area contributed by atoms with E-state index in [1.54, 1.807) is 7.11 Å². The molecule has 2 saturated heterocycles. The first-order valence-electron chi connectivity index (χ1n) is 6.82. The Balaban J connectivity index is 1.92. The molecule has 1 aromatic carbocycles. The minimum Gasteiger partial charge on any atom is -0.496 e. The zero-order valence-corrected chi connectivity index (χ0v) is 12.6. The van der Waals surface area contributed by atoms with Gasteiger partial charge in [-0.3, -0.25) is 4.79 Å². The van der Waals surface area contributed by atoms with Crippen LogP contribution in [0.2, 0.25) is 0 Å². The minimum atomic E-state index is 0.389. The van der Waals surface area contributed by atoms with E-state index in [0.29, 0.717) is 30.7 Å². The number of carbonyl (C=O) groups is 1. The fraction of sp³-hybridized carbons (Fsp3) is 0.533. The summed E-state index contributed by atoms with van der Waals surface area (Å²) >= 11 is 3.55. The van der Waals surface area contributed by atoms with Crippen molar-refractivity contribution in [3.8, 4) is 5.75 Å². The van der Waals surface area contributed by atoms with Gasteiger partial charge in [-0.05, 0) is 53.4 Å². The van der Waals surface area contributed by atoms with Crippen molar-refractivity contribution in [2.45, 2.75) is 44.2 Å². The van der Waals surface area contributed by atoms with Crippen molar-refractivity contribution in [3.05, 3.63) is 22.7 Å². The summed E-state index contributed by atoms with van der Waals surface area (Å²) in [4.78, 5) is 14.2. The highest BCUT2D eigenvalue weighted by atomic mass is 79.9. The Hall–Kier alpha value is -1.03. The van der Waals surface area contributed by atoms with E-state index < -0.39 is 0 Å². The van der Waals surface area contributed by atoms with E-state index >= 15 is 0 Å². The van der Waals surface area contributed by atoms with Crippen molar-refractivity contribution in [3.63, 3.8) is 0 Å². The van der Waals surface area contributed by atoms with Crippen LogP contribution in [0.15, 0.2) is 22.7 Å². The lowest BCUT2D eigenvalue weighted by Crippen LogP contribution is -2.52. The first-order valence-corrected chi connectivity index (χ1v) is 7.62. The molecule has 19 heavy (non-hydrogen) atoms. The number of piperidine rings is 2. The number of halogens is 1. The number of rotatable bonds is 2. The molecule has 0 amide bonds. The molecule has 102 valence electrons. The Bertz CT molecular complexity index is 487. The molecule has 2 unspecified atom stereocenters. The number of methoxy groups -OCH3 is 1. The number of hydrogen-bond donors (Lipinski definition) is 0. The van der Waals surface area contributed by atoms with Crippen LogP contribution in [-0.4, -0.2) is 25.0 Å². The van der Waals surface area contributed by atoms with Gasteiger partial charge in [-0.1, -0.05) is 0 Å². The standard InChI is InChI=1S/C15H18BrNO2/c1-19-15-6-5-12(9-14(15)16)17-10-3-2-4-11(17)8-13(18)7-10/h5-6,9-11H,2-4,7-8H2,1H3. The normalized spacial score (nSPS) is 26.4. The highest BCUT2D eigenvalue weighted by Crippen LogP contribution is 2.38. The Morgan fingerprint density at radius 3 is 2.53 bits per heavy atom. The quantitative estimate of drug-likeness (QED) is 0.833. The second kappa shape index (κ2) is 5.16. The van der Waals surface area contributed by atoms with Gasteiger partial charge < -0.3 is 9.64 Å². The molecular formula is C15H18BrNO2. The van der Waals surface area contributed by atoms with E-state index in [0.717, 1.165) is 23.1 Å². The number of ketones is 1. The summed E-state index contributed by atoms with van der Waals surface area (Å²) in [6.07, 6.45) is 4.93. The fourth-order valence-corrected chi connectivity index (χ4v) is 3.94. The number of benzene rings is 1. The summed E-state index contributed by atoms with van der Waals surface area (Å²) in [6, 6.07) is 6.98. The predicted octanol–water partition coefficient (Wildman–Crippen LogP) is 3.55. The third kappa shape index (κ3) is 2.38. The van der Waals surface area contributed by atoms with E-state index in [1.807, 2.05) is 6.07 Å². The molecule has 4 heteroatoms. The van der Waals surface area contributed by atoms with Crippen LogP contribution in [0.1, 0.15) is 32.1 Å². The largest absolute Gasteiger partial charge is 0.496 e. The minimum absolute atomic E-state index is 0.389. The summed E-state index contributed by atoms with van der Waals surface area (Å²) in [5.41, 5.74) is 1.20. The highest BCUT2D eigenvalue weighted by molar-refractivity contribution is 9.10. The van der Waals surface area contributed by atoms with Gasteiger partial charge in [-0.25, -0.2) is 0 Å². The zero-order valence-electron chi connectivity index (χ0n) is 11.1. The predicted molar refractivity (Wildman–Crippen MR) is 78.8 cm³/mol. The topological polar surface area (TPSA) is 29.5 Å². The van der Waals surface area contributed by atoms with Crippen molar-refractivity contribution in [1.82, 2.24) is 0 Å². The van der Waals surface area contributed by atoms with Crippen LogP contribution in [0.4, 0.5) is 5.69 Å². The van der Waals surface area contributed by atoms with Crippen LogP contribution in [0, 0.1) is 0 Å². The zero-order chi connectivity index (χ0) is 13.4. The number of nitrogens with zero attached hydrogens (tertiary/aromatic N) is 1. The molecule has 0 saturated carbocycles. The highest BCUT2D eigenvalue weighted by Gasteiger charge is 2.37. The van der Waals surface area contributed by atoms with Gasteiger partial charge in [0.05, 0.1) is 11.6 Å². The van der Waals surface area contributed by atoms with Crippen LogP contribution in [-0.2, 0) is 4.79 Å². The maximum absolute atomic E-state index is 11.8. The summed E-state index contributed by atoms with van der Waals surface area (Å²) < 4.78 is 6.25. The van der Waals surface area contributed by atoms with Gasteiger partial charge in [0.2, 0.25) is 0 Å². The van der Waals surface area contributed by atoms with Crippen molar-refractivity contribution < 1.29 is 9.53 Å². The molecule has 2 fully saturated rings. The van der Waals surface area contributed by atoms with Gasteiger partial charge in [0.15, 0.2) is 0 Å². The SMILES string of the molecule is COc1ccc(N2C3CCCC2CC(=O)C3)cc1Br. The Morgan fingerprint density at radius 2 is 1.95 bits per heavy atom. The van der Waals surface area contributed by atoms with Crippen LogP contribution < -0.4 is 9.64 Å². The van der Waals surface area contributed by atoms with Crippen LogP contribution in [0.5, 0.6) is 5.75 Å². The maximum atomic E-state index is 11.8. The van der Waals surface area contributed by atoms with Gasteiger partial charge in [-0.15, -0.1) is 0 Å². The van der Waals surface area contributed by atoms with Gasteiger partial charge in [0.25, 0.3) is 0 Å². The van der Waals surface area contributed by atoms with Crippen molar-refractivity contribution in [2.24, 2.45) is 0 Å². The number of fused-ring (bicyclic) bond motifs is 2. The molecule has 2 aliphatic rings. The van der Waals surface area contributed by atoms with E-state index in [1.165, 1.54) is 12.1 Å². The van der Waals surface area contributed by atoms with Crippen LogP contribution in [0.3, 0.4) is 0 Å². The maximum Gasteiger partial charge on any atom is 0.137 e. The molecular weight excluding hydrogens is 306 g/mol. The first kappa shape index (κ1) is 13.0. The third-order valence-electron chi connectivity index (χ3n) is 4.22. The Labute approximate surface area is 122 Å². The lowest BCUT2D eigenvalue weighted by atomic mass is 9.83. The summed E-state index contributed by atoms with van der Waals surface area (Å²) in [5, 5.41) is 0. The number of anilines is 1. The Morgan fingerprint density at radius 1 is 1.26 bits per heavy atom. The number of hydrogen-bond acceptors (Lipinski definition) is 3. The number of carbonyl (C=O) groups excluding carboxylic acids is 1. The van der Waals surface area contributed by atoms with Gasteiger partial charge in [0, 0.05) is 30.6 Å². The van der Waals surface area contributed by atoms with Gasteiger partial charge in [-0.2, -0.15) is 0 Å². The average Bonchev–Trinajstić information content (AvgIpc) is 2.37. The second-order valence-corrected chi connectivity index (χ2v) is 6.27. The van der Waals surface area contributed by atoms with E-state index in [2.05, 4.69) is 33.0 Å². The molecule has 1 aromatic rings. The van der Waals surface area contributed by atoms with Crippen molar-refractivity contribution in [2.75, 3.05) is 12.0 Å². The molecule has 0 aromatic heterocycles. The number of ether oxygens (including phenoxy) is 1. The summed E-state index contributed by atoms with van der Waals surface area (Å²) in [6.45, 7) is 0. The van der Waals surface area contributed by atoms with Crippen LogP contribution in [0.25, 0.3) is 0 Å². The van der Waals surface area contributed by atoms with Crippen LogP contribution >= 0.6 is 15.9 Å². The third-order valence-corrected chi connectivity index (χ3v) is 4.84. The van der Waals surface area contributed by atoms with Gasteiger partial charge >= 0.3 is 0 Å². The molecule has 2 bridgehead atoms. The Kier molecular flexibility index (Phi) is 3.52. The lowest BCUT2D eigenvalue weighted by molar-refractivity contribution is -0.121. The van der Waals surface area contributed by atoms with Crippen molar-refractivity contribution >= 4 is 27.4 Å². The molecule has 2 aliphatic heterocycles. The smallest absolute Gasteiger partial charge is 0.137 e. The van der Waals surface area contributed by atoms with E-state index in [-0.39, 0.29) is 0 Å². The molecule has 0 N–H and O–H groups in total. The molecule has 2 atom stereocenters. The summed E-state index contributed by atoms with van der Waals surface area (Å²) in [5.74, 6) is 1.28. The first-order chi connectivity index (χ1) is 9.19. The van der Waals surface area contributed by atoms with E-state index in [4.69, 9.17) is 4.74 Å². The monoisotopic (exact) mass is 323 g/mol. The molecule has 0 radical (unpaired) electrons. The van der Waals surface area contributed by atoms with Crippen molar-refractivity contribution in [1.29, 1.82) is 0 Å². The molecule has 3 rings (SSSR count). The fourth-order valence-electron chi connectivity index (χ4n) is 3.41. The van der Waals surface area contributed by atoms with Gasteiger partial charge in [0.1, 0.15) is 11.5 Å². The molecule has 0 spiro atoms. The average molecular weight is 324 g/mol. The molecule has 0 aliphatic carbocycles. The molecule has 3 nitrogen and oxygen atoms in total. The molecule has 2 heterocycles. The lowest BCUT2D eigenvalue weighted by Gasteiger charge is -2.47.